The zero-order valence-corrected chi connectivity index (χ0v) is 14.2. The topological polar surface area (TPSA) is 75.6 Å². The van der Waals surface area contributed by atoms with Crippen LogP contribution in [-0.2, 0) is 18.9 Å². The summed E-state index contributed by atoms with van der Waals surface area (Å²) < 4.78 is 1.74. The van der Waals surface area contributed by atoms with E-state index in [1.54, 1.807) is 4.68 Å². The van der Waals surface area contributed by atoms with Gasteiger partial charge in [-0.15, -0.1) is 0 Å². The van der Waals surface area contributed by atoms with Crippen molar-refractivity contribution in [1.29, 1.82) is 0 Å². The minimum absolute atomic E-state index is 0.102. The molecule has 2 heterocycles. The van der Waals surface area contributed by atoms with E-state index in [-0.39, 0.29) is 11.3 Å². The molecule has 3 aromatic rings. The van der Waals surface area contributed by atoms with E-state index < -0.39 is 0 Å². The van der Waals surface area contributed by atoms with Crippen molar-refractivity contribution in [2.24, 2.45) is 7.05 Å². The van der Waals surface area contributed by atoms with Crippen molar-refractivity contribution in [3.8, 4) is 0 Å². The first-order valence-electron chi connectivity index (χ1n) is 8.34. The molecule has 2 N–H and O–H groups in total. The monoisotopic (exact) mass is 323 g/mol. The highest BCUT2D eigenvalue weighted by molar-refractivity contribution is 6.09. The number of nitrogens with one attached hydrogen (secondary N) is 2. The van der Waals surface area contributed by atoms with Crippen LogP contribution >= 0.6 is 0 Å². The van der Waals surface area contributed by atoms with Crippen LogP contribution in [0.25, 0.3) is 11.0 Å². The van der Waals surface area contributed by atoms with E-state index in [9.17, 15) is 4.79 Å². The van der Waals surface area contributed by atoms with Crippen LogP contribution in [0.3, 0.4) is 0 Å². The van der Waals surface area contributed by atoms with Crippen LogP contribution in [0.5, 0.6) is 0 Å². The molecule has 1 aliphatic rings. The molecule has 6 heteroatoms. The van der Waals surface area contributed by atoms with Crippen LogP contribution in [0.1, 0.15) is 48.3 Å². The molecule has 6 nitrogen and oxygen atoms in total. The first-order valence-corrected chi connectivity index (χ1v) is 8.34. The fourth-order valence-corrected chi connectivity index (χ4v) is 3.30. The lowest BCUT2D eigenvalue weighted by molar-refractivity contribution is 0.102. The Hall–Kier alpha value is -2.63. The fourth-order valence-electron chi connectivity index (χ4n) is 3.30. The number of anilines is 1. The normalized spacial score (nSPS) is 15.6. The van der Waals surface area contributed by atoms with E-state index >= 15 is 0 Å². The molecule has 2 aromatic heterocycles. The van der Waals surface area contributed by atoms with Crippen LogP contribution in [0, 0.1) is 0 Å². The van der Waals surface area contributed by atoms with Gasteiger partial charge in [-0.3, -0.25) is 9.89 Å². The van der Waals surface area contributed by atoms with E-state index in [1.807, 2.05) is 32.2 Å². The largest absolute Gasteiger partial charge is 0.306 e. The quantitative estimate of drug-likeness (QED) is 0.774. The zero-order chi connectivity index (χ0) is 16.9. The minimum Gasteiger partial charge on any atom is -0.306 e. The lowest BCUT2D eigenvalue weighted by atomic mass is 9.93. The van der Waals surface area contributed by atoms with Gasteiger partial charge in [0.15, 0.2) is 5.65 Å². The molecule has 0 radical (unpaired) electrons. The van der Waals surface area contributed by atoms with Gasteiger partial charge in [0.1, 0.15) is 5.82 Å². The van der Waals surface area contributed by atoms with Gasteiger partial charge >= 0.3 is 0 Å². The smallest absolute Gasteiger partial charge is 0.257 e. The number of aryl methyl sites for hydroxylation is 2. The van der Waals surface area contributed by atoms with Crippen molar-refractivity contribution < 1.29 is 4.79 Å². The number of hydrogen-bond acceptors (Lipinski definition) is 3. The molecule has 1 aliphatic carbocycles. The first kappa shape index (κ1) is 14.9. The number of H-pyrrole nitrogens is 1. The number of aromatic nitrogens is 4. The van der Waals surface area contributed by atoms with Gasteiger partial charge in [-0.1, -0.05) is 32.0 Å². The van der Waals surface area contributed by atoms with E-state index in [0.717, 1.165) is 47.1 Å². The van der Waals surface area contributed by atoms with E-state index in [1.165, 1.54) is 0 Å². The highest BCUT2D eigenvalue weighted by Crippen LogP contribution is 2.48. The summed E-state index contributed by atoms with van der Waals surface area (Å²) in [6.45, 7) is 4.26. The number of fused-ring (bicyclic) bond motifs is 1. The highest BCUT2D eigenvalue weighted by atomic mass is 16.1. The van der Waals surface area contributed by atoms with Gasteiger partial charge in [-0.2, -0.15) is 10.2 Å². The lowest BCUT2D eigenvalue weighted by Crippen LogP contribution is -2.17. The van der Waals surface area contributed by atoms with Crippen LogP contribution in [0.15, 0.2) is 24.3 Å². The standard InChI is InChI=1S/C18H21N5O/c1-4-13-14-15(20-21-16(14)23(3)22-13)19-17(24)11-7-5-6-8-12(11)18(2)9-10-18/h5-8H,4,9-10H2,1-3H3,(H2,19,20,21,24). The van der Waals surface area contributed by atoms with Crippen molar-refractivity contribution >= 4 is 22.8 Å². The second-order valence-corrected chi connectivity index (χ2v) is 6.78. The summed E-state index contributed by atoms with van der Waals surface area (Å²) >= 11 is 0. The average molecular weight is 323 g/mol. The predicted octanol–water partition coefficient (Wildman–Crippen LogP) is 3.16. The van der Waals surface area contributed by atoms with Crippen LogP contribution < -0.4 is 5.32 Å². The molecule has 0 saturated heterocycles. The summed E-state index contributed by atoms with van der Waals surface area (Å²) in [7, 11) is 1.86. The van der Waals surface area contributed by atoms with Gasteiger partial charge in [-0.05, 0) is 36.3 Å². The first-order chi connectivity index (χ1) is 11.5. The Kier molecular flexibility index (Phi) is 3.23. The van der Waals surface area contributed by atoms with E-state index in [0.29, 0.717) is 5.82 Å². The van der Waals surface area contributed by atoms with Crippen LogP contribution in [0.2, 0.25) is 0 Å². The van der Waals surface area contributed by atoms with Gasteiger partial charge in [0.2, 0.25) is 0 Å². The zero-order valence-electron chi connectivity index (χ0n) is 14.2. The number of aromatic amines is 1. The Labute approximate surface area is 140 Å². The van der Waals surface area contributed by atoms with Crippen molar-refractivity contribution in [3.05, 3.63) is 41.1 Å². The fraction of sp³-hybridized carbons (Fsp3) is 0.389. The van der Waals surface area contributed by atoms with Gasteiger partial charge in [0.25, 0.3) is 5.91 Å². The Balaban J connectivity index is 1.71. The third kappa shape index (κ3) is 2.21. The third-order valence-electron chi connectivity index (χ3n) is 5.01. The molecule has 4 rings (SSSR count). The van der Waals surface area contributed by atoms with Crippen LogP contribution in [-0.4, -0.2) is 25.9 Å². The summed E-state index contributed by atoms with van der Waals surface area (Å²) in [6.07, 6.45) is 3.05. The second kappa shape index (κ2) is 5.19. The summed E-state index contributed by atoms with van der Waals surface area (Å²) in [4.78, 5) is 12.9. The Morgan fingerprint density at radius 3 is 2.83 bits per heavy atom. The Morgan fingerprint density at radius 1 is 1.38 bits per heavy atom. The third-order valence-corrected chi connectivity index (χ3v) is 5.01. The van der Waals surface area contributed by atoms with E-state index in [4.69, 9.17) is 0 Å². The molecule has 24 heavy (non-hydrogen) atoms. The lowest BCUT2D eigenvalue weighted by Gasteiger charge is -2.14. The predicted molar refractivity (Wildman–Crippen MR) is 93.2 cm³/mol. The SMILES string of the molecule is CCc1nn(C)c2n[nH]c(NC(=O)c3ccccc3C3(C)CC3)c12. The molecule has 0 aliphatic heterocycles. The molecule has 0 bridgehead atoms. The summed E-state index contributed by atoms with van der Waals surface area (Å²) in [5.74, 6) is 0.519. The molecular weight excluding hydrogens is 302 g/mol. The molecule has 124 valence electrons. The maximum absolute atomic E-state index is 12.9. The molecule has 0 atom stereocenters. The Bertz CT molecular complexity index is 932. The van der Waals surface area contributed by atoms with Gasteiger partial charge < -0.3 is 5.32 Å². The minimum atomic E-state index is -0.102. The van der Waals surface area contributed by atoms with Crippen LogP contribution in [0.4, 0.5) is 5.82 Å². The number of carbonyl (C=O) groups is 1. The number of benzene rings is 1. The molecule has 0 spiro atoms. The van der Waals surface area contributed by atoms with Gasteiger partial charge in [-0.25, -0.2) is 4.68 Å². The molecular formula is C18H21N5O. The molecule has 0 unspecified atom stereocenters. The summed E-state index contributed by atoms with van der Waals surface area (Å²) in [5, 5.41) is 15.6. The van der Waals surface area contributed by atoms with Crippen molar-refractivity contribution in [1.82, 2.24) is 20.0 Å². The maximum atomic E-state index is 12.9. The number of carbonyl (C=O) groups excluding carboxylic acids is 1. The summed E-state index contributed by atoms with van der Waals surface area (Å²) in [5.41, 5.74) is 3.69. The Morgan fingerprint density at radius 2 is 2.12 bits per heavy atom. The molecule has 1 fully saturated rings. The molecule has 1 aromatic carbocycles. The molecule has 1 saturated carbocycles. The maximum Gasteiger partial charge on any atom is 0.257 e. The second-order valence-electron chi connectivity index (χ2n) is 6.78. The van der Waals surface area contributed by atoms with Gasteiger partial charge in [0.05, 0.1) is 11.1 Å². The van der Waals surface area contributed by atoms with Crippen molar-refractivity contribution in [2.75, 3.05) is 5.32 Å². The van der Waals surface area contributed by atoms with Crippen molar-refractivity contribution in [2.45, 2.75) is 38.5 Å². The number of hydrogen-bond donors (Lipinski definition) is 2. The van der Waals surface area contributed by atoms with E-state index in [2.05, 4.69) is 33.6 Å². The summed E-state index contributed by atoms with van der Waals surface area (Å²) in [6, 6.07) is 7.87. The molecule has 1 amide bonds. The number of amides is 1. The van der Waals surface area contributed by atoms with Crippen molar-refractivity contribution in [3.63, 3.8) is 0 Å². The van der Waals surface area contributed by atoms with Gasteiger partial charge in [0, 0.05) is 12.6 Å². The number of nitrogens with zero attached hydrogens (tertiary/aromatic N) is 3. The number of rotatable bonds is 4. The average Bonchev–Trinajstić information content (AvgIpc) is 3.07. The highest BCUT2D eigenvalue weighted by Gasteiger charge is 2.41.